The molecule has 13 heteroatoms. The maximum absolute atomic E-state index is 12.3. The van der Waals surface area contributed by atoms with Gasteiger partial charge in [-0.3, -0.25) is 19.1 Å². The summed E-state index contributed by atoms with van der Waals surface area (Å²) in [6.45, 7) is 3.08. The highest BCUT2D eigenvalue weighted by atomic mass is 31.2. The number of nitriles is 1. The standard InChI is InChI=1S/C23H28N3O9P/c1-15-12-26(23(29)25-22(15)28)21-11-19(34-16(2)27)20(35-21)14-33-36(31-10-4-9-24)32-13-17-5-7-18(30-3)8-6-17/h5-8,12,19-21H,4,10-11,13-14H2,1-3H3,(H,25,28,29)/t19-,20+,21+,36?/m0/s1. The number of nitrogens with one attached hydrogen (secondary N) is 1. The summed E-state index contributed by atoms with van der Waals surface area (Å²) < 4.78 is 35.0. The highest BCUT2D eigenvalue weighted by Gasteiger charge is 2.40. The van der Waals surface area contributed by atoms with Gasteiger partial charge in [-0.25, -0.2) is 4.79 Å². The lowest BCUT2D eigenvalue weighted by Gasteiger charge is -2.21. The van der Waals surface area contributed by atoms with Crippen molar-refractivity contribution in [2.45, 2.75) is 51.7 Å². The van der Waals surface area contributed by atoms with Crippen molar-refractivity contribution in [3.05, 3.63) is 62.4 Å². The van der Waals surface area contributed by atoms with Gasteiger partial charge in [-0.05, 0) is 24.6 Å². The number of aryl methyl sites for hydroxylation is 1. The summed E-state index contributed by atoms with van der Waals surface area (Å²) in [7, 11) is -0.287. The van der Waals surface area contributed by atoms with Crippen molar-refractivity contribution < 1.29 is 32.6 Å². The van der Waals surface area contributed by atoms with Crippen LogP contribution in [-0.4, -0.2) is 48.1 Å². The van der Waals surface area contributed by atoms with E-state index in [0.29, 0.717) is 11.3 Å². The second-order valence-corrected chi connectivity index (χ2v) is 9.10. The number of aromatic amines is 1. The molecule has 1 saturated heterocycles. The van der Waals surface area contributed by atoms with E-state index in [1.54, 1.807) is 26.2 Å². The van der Waals surface area contributed by atoms with Crippen molar-refractivity contribution in [1.82, 2.24) is 9.55 Å². The van der Waals surface area contributed by atoms with Crippen LogP contribution in [-0.2, 0) is 34.4 Å². The van der Waals surface area contributed by atoms with Crippen LogP contribution in [0.5, 0.6) is 5.75 Å². The number of nitrogens with zero attached hydrogens (tertiary/aromatic N) is 2. The van der Waals surface area contributed by atoms with Crippen molar-refractivity contribution in [1.29, 1.82) is 5.26 Å². The van der Waals surface area contributed by atoms with Crippen molar-refractivity contribution in [3.63, 3.8) is 0 Å². The predicted molar refractivity (Wildman–Crippen MR) is 127 cm³/mol. The van der Waals surface area contributed by atoms with Gasteiger partial charge in [0.15, 0.2) is 0 Å². The molecular weight excluding hydrogens is 493 g/mol. The number of aromatic nitrogens is 2. The molecule has 2 heterocycles. The average molecular weight is 521 g/mol. The maximum atomic E-state index is 12.3. The molecule has 1 fully saturated rings. The summed E-state index contributed by atoms with van der Waals surface area (Å²) in [5.41, 5.74) is 0.0744. The Hall–Kier alpha value is -3.07. The molecule has 3 rings (SSSR count). The molecule has 0 bridgehead atoms. The molecule has 0 saturated carbocycles. The number of hydrogen-bond donors (Lipinski definition) is 1. The van der Waals surface area contributed by atoms with E-state index in [9.17, 15) is 14.4 Å². The molecule has 1 aliphatic heterocycles. The van der Waals surface area contributed by atoms with E-state index in [4.69, 9.17) is 33.0 Å². The van der Waals surface area contributed by atoms with Gasteiger partial charge in [0.05, 0.1) is 39.4 Å². The van der Waals surface area contributed by atoms with Crippen LogP contribution in [0.1, 0.15) is 37.1 Å². The van der Waals surface area contributed by atoms with Crippen molar-refractivity contribution in [3.8, 4) is 11.8 Å². The zero-order valence-electron chi connectivity index (χ0n) is 20.2. The molecule has 0 amide bonds. The van der Waals surface area contributed by atoms with E-state index in [1.165, 1.54) is 17.7 Å². The molecule has 0 aliphatic carbocycles. The fraction of sp³-hybridized carbons (Fsp3) is 0.478. The first-order valence-corrected chi connectivity index (χ1v) is 12.2. The summed E-state index contributed by atoms with van der Waals surface area (Å²) in [5.74, 6) is 0.200. The maximum Gasteiger partial charge on any atom is 0.333 e. The van der Waals surface area contributed by atoms with Gasteiger partial charge in [-0.1, -0.05) is 12.1 Å². The van der Waals surface area contributed by atoms with Gasteiger partial charge in [0.25, 0.3) is 5.56 Å². The molecule has 0 radical (unpaired) electrons. The lowest BCUT2D eigenvalue weighted by Crippen LogP contribution is -2.33. The molecule has 0 spiro atoms. The lowest BCUT2D eigenvalue weighted by molar-refractivity contribution is -0.150. The Morgan fingerprint density at radius 1 is 1.25 bits per heavy atom. The van der Waals surface area contributed by atoms with Crippen LogP contribution < -0.4 is 16.0 Å². The minimum absolute atomic E-state index is 0.0631. The van der Waals surface area contributed by atoms with E-state index in [-0.39, 0.29) is 32.7 Å². The second-order valence-electron chi connectivity index (χ2n) is 7.87. The zero-order valence-corrected chi connectivity index (χ0v) is 21.1. The van der Waals surface area contributed by atoms with Gasteiger partial charge in [0, 0.05) is 25.1 Å². The monoisotopic (exact) mass is 521 g/mol. The van der Waals surface area contributed by atoms with Gasteiger partial charge in [0.1, 0.15) is 24.2 Å². The molecule has 36 heavy (non-hydrogen) atoms. The number of benzene rings is 1. The van der Waals surface area contributed by atoms with Crippen molar-refractivity contribution >= 4 is 14.6 Å². The number of esters is 1. The summed E-state index contributed by atoms with van der Waals surface area (Å²) in [4.78, 5) is 37.9. The van der Waals surface area contributed by atoms with E-state index in [2.05, 4.69) is 4.98 Å². The highest BCUT2D eigenvalue weighted by molar-refractivity contribution is 7.41. The largest absolute Gasteiger partial charge is 0.497 e. The summed E-state index contributed by atoms with van der Waals surface area (Å²) >= 11 is 0. The molecule has 1 aliphatic rings. The third-order valence-corrected chi connectivity index (χ3v) is 6.30. The number of H-pyrrole nitrogens is 1. The number of ether oxygens (including phenoxy) is 3. The lowest BCUT2D eigenvalue weighted by atomic mass is 10.2. The Morgan fingerprint density at radius 3 is 2.67 bits per heavy atom. The molecule has 4 atom stereocenters. The number of carbonyl (C=O) groups excluding carboxylic acids is 1. The molecule has 1 unspecified atom stereocenters. The van der Waals surface area contributed by atoms with Gasteiger partial charge < -0.3 is 27.8 Å². The number of carbonyl (C=O) groups is 1. The first-order valence-electron chi connectivity index (χ1n) is 11.1. The van der Waals surface area contributed by atoms with Crippen LogP contribution in [0.25, 0.3) is 0 Å². The van der Waals surface area contributed by atoms with Crippen LogP contribution in [0.3, 0.4) is 0 Å². The predicted octanol–water partition coefficient (Wildman–Crippen LogP) is 2.46. The second kappa shape index (κ2) is 13.3. The van der Waals surface area contributed by atoms with E-state index in [1.807, 2.05) is 18.2 Å². The third kappa shape index (κ3) is 7.71. The van der Waals surface area contributed by atoms with Gasteiger partial charge >= 0.3 is 20.3 Å². The van der Waals surface area contributed by atoms with Crippen molar-refractivity contribution in [2.24, 2.45) is 0 Å². The van der Waals surface area contributed by atoms with Crippen molar-refractivity contribution in [2.75, 3.05) is 20.3 Å². The molecule has 1 aromatic heterocycles. The Bertz CT molecular complexity index is 1180. The highest BCUT2D eigenvalue weighted by Crippen LogP contribution is 2.42. The molecular formula is C23H28N3O9P. The number of rotatable bonds is 12. The third-order valence-electron chi connectivity index (χ3n) is 5.20. The summed E-state index contributed by atoms with van der Waals surface area (Å²) in [6, 6.07) is 9.28. The summed E-state index contributed by atoms with van der Waals surface area (Å²) in [5, 5.41) is 8.82. The normalized spacial score (nSPS) is 20.0. The van der Waals surface area contributed by atoms with E-state index < -0.39 is 44.3 Å². The van der Waals surface area contributed by atoms with Crippen LogP contribution in [0.15, 0.2) is 40.1 Å². The SMILES string of the molecule is COc1ccc(COP(OCCC#N)OC[C@H]2O[C@@H](n3cc(C)c(=O)[nH]c3=O)C[C@@H]2OC(C)=O)cc1. The Morgan fingerprint density at radius 2 is 2.00 bits per heavy atom. The fourth-order valence-electron chi connectivity index (χ4n) is 3.42. The minimum Gasteiger partial charge on any atom is -0.497 e. The van der Waals surface area contributed by atoms with Gasteiger partial charge in [0.2, 0.25) is 0 Å². The first-order chi connectivity index (χ1) is 17.3. The van der Waals surface area contributed by atoms with Crippen LogP contribution in [0, 0.1) is 18.3 Å². The Kier molecular flexibility index (Phi) is 10.2. The Balaban J connectivity index is 1.67. The van der Waals surface area contributed by atoms with E-state index in [0.717, 1.165) is 5.56 Å². The summed E-state index contributed by atoms with van der Waals surface area (Å²) in [6.07, 6.45) is -0.483. The van der Waals surface area contributed by atoms with Gasteiger partial charge in [-0.2, -0.15) is 5.26 Å². The molecule has 12 nitrogen and oxygen atoms in total. The average Bonchev–Trinajstić information content (AvgIpc) is 3.24. The number of methoxy groups -OCH3 is 1. The topological polar surface area (TPSA) is 151 Å². The molecule has 194 valence electrons. The smallest absolute Gasteiger partial charge is 0.333 e. The first kappa shape index (κ1) is 27.5. The zero-order chi connectivity index (χ0) is 26.1. The van der Waals surface area contributed by atoms with Crippen LogP contribution >= 0.6 is 8.60 Å². The molecule has 1 N–H and O–H groups in total. The quantitative estimate of drug-likeness (QED) is 0.251. The van der Waals surface area contributed by atoms with Crippen LogP contribution in [0.2, 0.25) is 0 Å². The fourth-order valence-corrected chi connectivity index (χ4v) is 4.41. The van der Waals surface area contributed by atoms with Gasteiger partial charge in [-0.15, -0.1) is 0 Å². The molecule has 2 aromatic rings. The Labute approximate surface area is 208 Å². The van der Waals surface area contributed by atoms with Crippen LogP contribution in [0.4, 0.5) is 0 Å². The van der Waals surface area contributed by atoms with E-state index >= 15 is 0 Å². The molecule has 1 aromatic carbocycles. The minimum atomic E-state index is -1.87. The number of hydrogen-bond acceptors (Lipinski definition) is 10.